The number of methoxy groups -OCH3 is 1. The summed E-state index contributed by atoms with van der Waals surface area (Å²) in [6.07, 6.45) is -0.407. The molecule has 0 spiro atoms. The van der Waals surface area contributed by atoms with Crippen LogP contribution in [0.1, 0.15) is 28.5 Å². The van der Waals surface area contributed by atoms with Gasteiger partial charge >= 0.3 is 5.97 Å². The Morgan fingerprint density at radius 2 is 1.87 bits per heavy atom. The van der Waals surface area contributed by atoms with E-state index in [0.29, 0.717) is 17.4 Å². The van der Waals surface area contributed by atoms with Gasteiger partial charge in [-0.2, -0.15) is 0 Å². The van der Waals surface area contributed by atoms with Crippen molar-refractivity contribution in [3.8, 4) is 11.4 Å². The number of carboxylic acids is 1. The first-order chi connectivity index (χ1) is 14.3. The number of aliphatic carboxylic acids is 1. The molecule has 156 valence electrons. The van der Waals surface area contributed by atoms with Crippen LogP contribution in [0.4, 0.5) is 8.78 Å². The number of amides is 1. The highest BCUT2D eigenvalue weighted by Crippen LogP contribution is 2.21. The Balaban J connectivity index is 1.87. The quantitative estimate of drug-likeness (QED) is 0.546. The number of carbonyl (C=O) groups excluding carboxylic acids is 1. The van der Waals surface area contributed by atoms with Gasteiger partial charge in [0.1, 0.15) is 22.9 Å². The average molecular weight is 417 g/mol. The number of ether oxygens (including phenoxy) is 1. The third-order valence-corrected chi connectivity index (χ3v) is 4.32. The van der Waals surface area contributed by atoms with Crippen molar-refractivity contribution in [3.63, 3.8) is 0 Å². The van der Waals surface area contributed by atoms with E-state index in [1.165, 1.54) is 7.11 Å². The molecule has 0 aliphatic rings. The second kappa shape index (κ2) is 8.60. The van der Waals surface area contributed by atoms with Gasteiger partial charge in [0.15, 0.2) is 5.82 Å². The largest absolute Gasteiger partial charge is 0.497 e. The molecule has 0 aliphatic carbocycles. The molecule has 0 aliphatic heterocycles. The second-order valence-corrected chi connectivity index (χ2v) is 6.34. The number of carbonyl (C=O) groups is 2. The molecular weight excluding hydrogens is 400 g/mol. The summed E-state index contributed by atoms with van der Waals surface area (Å²) in [7, 11) is 1.48. The molecule has 3 N–H and O–H groups in total. The first-order valence-electron chi connectivity index (χ1n) is 8.72. The Labute approximate surface area is 168 Å². The molecule has 3 rings (SSSR count). The summed E-state index contributed by atoms with van der Waals surface area (Å²) in [5.74, 6) is -3.16. The van der Waals surface area contributed by atoms with Gasteiger partial charge in [-0.15, -0.1) is 0 Å². The van der Waals surface area contributed by atoms with Gasteiger partial charge in [-0.1, -0.05) is 12.1 Å². The SMILES string of the molecule is COc1ccc([C@H](CC(=O)O)NC(=O)c2cc(=O)n(-c3ccc(F)cc3F)[nH]2)cc1. The Morgan fingerprint density at radius 3 is 2.47 bits per heavy atom. The molecule has 1 heterocycles. The molecule has 8 nitrogen and oxygen atoms in total. The first-order valence-corrected chi connectivity index (χ1v) is 8.72. The molecule has 3 aromatic rings. The minimum atomic E-state index is -1.14. The van der Waals surface area contributed by atoms with Crippen molar-refractivity contribution in [1.29, 1.82) is 0 Å². The van der Waals surface area contributed by atoms with E-state index in [9.17, 15) is 23.2 Å². The zero-order valence-electron chi connectivity index (χ0n) is 15.7. The molecule has 0 saturated carbocycles. The van der Waals surface area contributed by atoms with Crippen LogP contribution in [-0.2, 0) is 4.79 Å². The van der Waals surface area contributed by atoms with Gasteiger partial charge in [-0.3, -0.25) is 19.5 Å². The number of nitrogens with one attached hydrogen (secondary N) is 2. The molecule has 0 unspecified atom stereocenters. The molecular formula is C20H17F2N3O5. The van der Waals surface area contributed by atoms with Crippen molar-refractivity contribution in [2.45, 2.75) is 12.5 Å². The van der Waals surface area contributed by atoms with Gasteiger partial charge in [-0.05, 0) is 29.8 Å². The zero-order chi connectivity index (χ0) is 21.8. The van der Waals surface area contributed by atoms with E-state index < -0.39 is 41.5 Å². The lowest BCUT2D eigenvalue weighted by molar-refractivity contribution is -0.137. The van der Waals surface area contributed by atoms with E-state index in [-0.39, 0.29) is 11.4 Å². The van der Waals surface area contributed by atoms with E-state index in [0.717, 1.165) is 22.9 Å². The highest BCUT2D eigenvalue weighted by atomic mass is 19.1. The maximum absolute atomic E-state index is 14.0. The monoisotopic (exact) mass is 417 g/mol. The number of hydrogen-bond donors (Lipinski definition) is 3. The smallest absolute Gasteiger partial charge is 0.305 e. The van der Waals surface area contributed by atoms with Gasteiger partial charge in [0, 0.05) is 12.1 Å². The van der Waals surface area contributed by atoms with Crippen molar-refractivity contribution in [3.05, 3.63) is 81.8 Å². The normalized spacial score (nSPS) is 11.7. The summed E-state index contributed by atoms with van der Waals surface area (Å²) in [5, 5.41) is 14.2. The van der Waals surface area contributed by atoms with E-state index in [4.69, 9.17) is 9.84 Å². The van der Waals surface area contributed by atoms with Crippen LogP contribution in [0, 0.1) is 11.6 Å². The van der Waals surface area contributed by atoms with Crippen LogP contribution in [0.3, 0.4) is 0 Å². The number of H-pyrrole nitrogens is 1. The highest BCUT2D eigenvalue weighted by Gasteiger charge is 2.21. The maximum atomic E-state index is 14.0. The van der Waals surface area contributed by atoms with Gasteiger partial charge in [0.2, 0.25) is 0 Å². The maximum Gasteiger partial charge on any atom is 0.305 e. The summed E-state index contributed by atoms with van der Waals surface area (Å²) in [6.45, 7) is 0. The van der Waals surface area contributed by atoms with Gasteiger partial charge in [-0.25, -0.2) is 13.5 Å². The standard InChI is InChI=1S/C20H17F2N3O5/c1-30-13-5-2-11(3-6-13)15(10-19(27)28)23-20(29)16-9-18(26)25(24-16)17-7-4-12(21)8-14(17)22/h2-9,15,24H,10H2,1H3,(H,23,29)(H,27,28)/t15-/m0/s1. The molecule has 1 amide bonds. The predicted octanol–water partition coefficient (Wildman–Crippen LogP) is 2.40. The molecule has 2 aromatic carbocycles. The van der Waals surface area contributed by atoms with Crippen LogP contribution in [0.5, 0.6) is 5.75 Å². The van der Waals surface area contributed by atoms with Gasteiger partial charge in [0.25, 0.3) is 11.5 Å². The van der Waals surface area contributed by atoms with Crippen molar-refractivity contribution >= 4 is 11.9 Å². The summed E-state index contributed by atoms with van der Waals surface area (Å²) >= 11 is 0. The van der Waals surface area contributed by atoms with E-state index in [2.05, 4.69) is 10.4 Å². The van der Waals surface area contributed by atoms with Crippen molar-refractivity contribution in [1.82, 2.24) is 15.1 Å². The topological polar surface area (TPSA) is 113 Å². The van der Waals surface area contributed by atoms with Crippen LogP contribution < -0.4 is 15.6 Å². The lowest BCUT2D eigenvalue weighted by atomic mass is 10.0. The van der Waals surface area contributed by atoms with Crippen molar-refractivity contribution < 1.29 is 28.2 Å². The third kappa shape index (κ3) is 4.54. The number of rotatable bonds is 7. The van der Waals surface area contributed by atoms with Crippen LogP contribution >= 0.6 is 0 Å². The Bertz CT molecular complexity index is 1140. The number of nitrogens with zero attached hydrogens (tertiary/aromatic N) is 1. The van der Waals surface area contributed by atoms with Crippen LogP contribution in [0.25, 0.3) is 5.69 Å². The minimum absolute atomic E-state index is 0.215. The summed E-state index contributed by atoms with van der Waals surface area (Å²) in [4.78, 5) is 36.0. The highest BCUT2D eigenvalue weighted by molar-refractivity contribution is 5.92. The molecule has 0 saturated heterocycles. The number of aromatic amines is 1. The Morgan fingerprint density at radius 1 is 1.17 bits per heavy atom. The molecule has 30 heavy (non-hydrogen) atoms. The number of carboxylic acid groups (broad SMARTS) is 1. The van der Waals surface area contributed by atoms with E-state index in [1.54, 1.807) is 24.3 Å². The molecule has 10 heteroatoms. The third-order valence-electron chi connectivity index (χ3n) is 4.32. The molecule has 1 aromatic heterocycles. The van der Waals surface area contributed by atoms with Crippen LogP contribution in [0.15, 0.2) is 53.3 Å². The van der Waals surface area contributed by atoms with Crippen LogP contribution in [0.2, 0.25) is 0 Å². The Hall–Kier alpha value is -3.95. The predicted molar refractivity (Wildman–Crippen MR) is 102 cm³/mol. The summed E-state index contributed by atoms with van der Waals surface area (Å²) in [6, 6.07) is 9.11. The fourth-order valence-corrected chi connectivity index (χ4v) is 2.85. The number of benzene rings is 2. The fourth-order valence-electron chi connectivity index (χ4n) is 2.85. The van der Waals surface area contributed by atoms with Gasteiger partial charge < -0.3 is 15.2 Å². The fraction of sp³-hybridized carbons (Fsp3) is 0.150. The number of hydrogen-bond acceptors (Lipinski definition) is 4. The Kier molecular flexibility index (Phi) is 5.95. The molecule has 1 atom stereocenters. The lowest BCUT2D eigenvalue weighted by Crippen LogP contribution is -2.30. The molecule has 0 bridgehead atoms. The summed E-state index contributed by atoms with van der Waals surface area (Å²) in [5.41, 5.74) is -0.715. The first kappa shape index (κ1) is 20.8. The average Bonchev–Trinajstić information content (AvgIpc) is 3.09. The van der Waals surface area contributed by atoms with Crippen molar-refractivity contribution in [2.75, 3.05) is 7.11 Å². The second-order valence-electron chi connectivity index (χ2n) is 6.34. The van der Waals surface area contributed by atoms with Gasteiger partial charge in [0.05, 0.1) is 19.6 Å². The minimum Gasteiger partial charge on any atom is -0.497 e. The van der Waals surface area contributed by atoms with E-state index in [1.807, 2.05) is 0 Å². The van der Waals surface area contributed by atoms with Crippen LogP contribution in [-0.4, -0.2) is 33.9 Å². The molecule has 0 fully saturated rings. The molecule has 0 radical (unpaired) electrons. The lowest BCUT2D eigenvalue weighted by Gasteiger charge is -2.17. The van der Waals surface area contributed by atoms with E-state index >= 15 is 0 Å². The summed E-state index contributed by atoms with van der Waals surface area (Å²) < 4.78 is 32.9. The zero-order valence-corrected chi connectivity index (χ0v) is 15.7. The number of halogens is 2. The number of aromatic nitrogens is 2. The van der Waals surface area contributed by atoms with Crippen molar-refractivity contribution in [2.24, 2.45) is 0 Å².